The molecule has 0 aliphatic carbocycles. The summed E-state index contributed by atoms with van der Waals surface area (Å²) in [7, 11) is 0. The number of carboxylic acid groups (broad SMARTS) is 1. The van der Waals surface area contributed by atoms with Gasteiger partial charge in [0.05, 0.1) is 0 Å². The molecule has 4 nitrogen and oxygen atoms in total. The number of nitrogens with two attached hydrogens (primary N) is 1. The Labute approximate surface area is 107 Å². The second-order valence-electron chi connectivity index (χ2n) is 4.89. The molecule has 0 bridgehead atoms. The van der Waals surface area contributed by atoms with Crippen LogP contribution in [0.2, 0.25) is 0 Å². The molecule has 0 spiro atoms. The SMILES string of the molecule is NCC(CC1CCOC1)(C(=O)O)c1ccccc1. The Morgan fingerprint density at radius 3 is 2.67 bits per heavy atom. The second-order valence-corrected chi connectivity index (χ2v) is 4.89. The zero-order valence-corrected chi connectivity index (χ0v) is 10.3. The standard InChI is InChI=1S/C14H19NO3/c15-10-14(13(16)17,8-11-6-7-18-9-11)12-4-2-1-3-5-12/h1-5,11H,6-10,15H2,(H,16,17). The molecule has 1 saturated heterocycles. The van der Waals surface area contributed by atoms with Crippen LogP contribution in [0.15, 0.2) is 30.3 Å². The van der Waals surface area contributed by atoms with Gasteiger partial charge in [0.2, 0.25) is 0 Å². The third-order valence-corrected chi connectivity index (χ3v) is 3.75. The van der Waals surface area contributed by atoms with Crippen LogP contribution < -0.4 is 5.73 Å². The van der Waals surface area contributed by atoms with Crippen molar-refractivity contribution in [2.24, 2.45) is 11.7 Å². The Morgan fingerprint density at radius 2 is 2.17 bits per heavy atom. The van der Waals surface area contributed by atoms with Crippen LogP contribution in [-0.4, -0.2) is 30.8 Å². The smallest absolute Gasteiger partial charge is 0.315 e. The molecule has 1 aliphatic heterocycles. The van der Waals surface area contributed by atoms with E-state index in [1.54, 1.807) is 0 Å². The summed E-state index contributed by atoms with van der Waals surface area (Å²) in [4.78, 5) is 11.7. The van der Waals surface area contributed by atoms with E-state index < -0.39 is 11.4 Å². The second kappa shape index (κ2) is 5.50. The molecule has 2 rings (SSSR count). The number of rotatable bonds is 5. The van der Waals surface area contributed by atoms with Crippen molar-refractivity contribution in [1.29, 1.82) is 0 Å². The van der Waals surface area contributed by atoms with Crippen LogP contribution in [-0.2, 0) is 14.9 Å². The van der Waals surface area contributed by atoms with Crippen LogP contribution >= 0.6 is 0 Å². The monoisotopic (exact) mass is 249 g/mol. The highest BCUT2D eigenvalue weighted by atomic mass is 16.5. The van der Waals surface area contributed by atoms with Crippen molar-refractivity contribution in [1.82, 2.24) is 0 Å². The summed E-state index contributed by atoms with van der Waals surface area (Å²) in [6, 6.07) is 9.28. The first kappa shape index (κ1) is 13.1. The van der Waals surface area contributed by atoms with Crippen molar-refractivity contribution in [2.75, 3.05) is 19.8 Å². The summed E-state index contributed by atoms with van der Waals surface area (Å²) in [6.07, 6.45) is 1.46. The number of carboxylic acids is 1. The maximum absolute atomic E-state index is 11.7. The van der Waals surface area contributed by atoms with Crippen LogP contribution in [0.1, 0.15) is 18.4 Å². The number of carbonyl (C=O) groups is 1. The molecule has 1 aliphatic rings. The topological polar surface area (TPSA) is 72.5 Å². The lowest BCUT2D eigenvalue weighted by molar-refractivity contribution is -0.144. The first-order chi connectivity index (χ1) is 8.69. The Hall–Kier alpha value is -1.39. The molecule has 4 heteroatoms. The Kier molecular flexibility index (Phi) is 3.99. The van der Waals surface area contributed by atoms with Gasteiger partial charge in [-0.2, -0.15) is 0 Å². The Balaban J connectivity index is 2.30. The van der Waals surface area contributed by atoms with Gasteiger partial charge in [0.1, 0.15) is 5.41 Å². The highest BCUT2D eigenvalue weighted by Gasteiger charge is 2.41. The lowest BCUT2D eigenvalue weighted by atomic mass is 9.73. The molecule has 18 heavy (non-hydrogen) atoms. The number of aliphatic carboxylic acids is 1. The maximum atomic E-state index is 11.7. The molecular weight excluding hydrogens is 230 g/mol. The fraction of sp³-hybridized carbons (Fsp3) is 0.500. The van der Waals surface area contributed by atoms with E-state index in [0.717, 1.165) is 18.6 Å². The van der Waals surface area contributed by atoms with Crippen LogP contribution in [0, 0.1) is 5.92 Å². The number of hydrogen-bond donors (Lipinski definition) is 2. The molecule has 1 aromatic carbocycles. The minimum Gasteiger partial charge on any atom is -0.481 e. The summed E-state index contributed by atoms with van der Waals surface area (Å²) in [5.41, 5.74) is 5.59. The lowest BCUT2D eigenvalue weighted by Crippen LogP contribution is -2.44. The average Bonchev–Trinajstić information content (AvgIpc) is 2.89. The highest BCUT2D eigenvalue weighted by molar-refractivity contribution is 5.81. The van der Waals surface area contributed by atoms with Crippen molar-refractivity contribution in [3.05, 3.63) is 35.9 Å². The van der Waals surface area contributed by atoms with Crippen molar-refractivity contribution in [3.8, 4) is 0 Å². The zero-order valence-electron chi connectivity index (χ0n) is 10.3. The lowest BCUT2D eigenvalue weighted by Gasteiger charge is -2.30. The van der Waals surface area contributed by atoms with E-state index in [-0.39, 0.29) is 12.5 Å². The van der Waals surface area contributed by atoms with Crippen LogP contribution in [0.3, 0.4) is 0 Å². The number of benzene rings is 1. The van der Waals surface area contributed by atoms with E-state index in [4.69, 9.17) is 10.5 Å². The van der Waals surface area contributed by atoms with Gasteiger partial charge in [-0.15, -0.1) is 0 Å². The summed E-state index contributed by atoms with van der Waals surface area (Å²) in [5, 5.41) is 9.62. The molecule has 1 heterocycles. The van der Waals surface area contributed by atoms with E-state index in [1.807, 2.05) is 30.3 Å². The summed E-state index contributed by atoms with van der Waals surface area (Å²) < 4.78 is 5.33. The zero-order chi connectivity index (χ0) is 13.0. The minimum absolute atomic E-state index is 0.114. The molecule has 3 N–H and O–H groups in total. The molecule has 98 valence electrons. The minimum atomic E-state index is -0.986. The van der Waals surface area contributed by atoms with Gasteiger partial charge in [0.25, 0.3) is 0 Å². The molecule has 1 fully saturated rings. The molecule has 0 radical (unpaired) electrons. The summed E-state index contributed by atoms with van der Waals surface area (Å²) in [6.45, 7) is 1.48. The largest absolute Gasteiger partial charge is 0.481 e. The van der Waals surface area contributed by atoms with Gasteiger partial charge in [-0.1, -0.05) is 30.3 Å². The first-order valence-corrected chi connectivity index (χ1v) is 6.26. The van der Waals surface area contributed by atoms with E-state index in [1.165, 1.54) is 0 Å². The first-order valence-electron chi connectivity index (χ1n) is 6.26. The molecular formula is C14H19NO3. The third-order valence-electron chi connectivity index (χ3n) is 3.75. The fourth-order valence-electron chi connectivity index (χ4n) is 2.61. The summed E-state index contributed by atoms with van der Waals surface area (Å²) >= 11 is 0. The third kappa shape index (κ3) is 2.40. The maximum Gasteiger partial charge on any atom is 0.315 e. The van der Waals surface area contributed by atoms with Crippen LogP contribution in [0.5, 0.6) is 0 Å². The fourth-order valence-corrected chi connectivity index (χ4v) is 2.61. The normalized spacial score (nSPS) is 22.6. The molecule has 0 saturated carbocycles. The van der Waals surface area contributed by atoms with Gasteiger partial charge in [-0.05, 0) is 24.3 Å². The van der Waals surface area contributed by atoms with Crippen molar-refractivity contribution in [2.45, 2.75) is 18.3 Å². The van der Waals surface area contributed by atoms with Gasteiger partial charge in [0.15, 0.2) is 0 Å². The quantitative estimate of drug-likeness (QED) is 0.827. The predicted molar refractivity (Wildman–Crippen MR) is 68.4 cm³/mol. The van der Waals surface area contributed by atoms with Crippen molar-refractivity contribution < 1.29 is 14.6 Å². The van der Waals surface area contributed by atoms with Gasteiger partial charge in [-0.3, -0.25) is 4.79 Å². The molecule has 1 aromatic rings. The molecule has 0 amide bonds. The van der Waals surface area contributed by atoms with E-state index in [9.17, 15) is 9.90 Å². The van der Waals surface area contributed by atoms with Crippen LogP contribution in [0.25, 0.3) is 0 Å². The predicted octanol–water partition coefficient (Wildman–Crippen LogP) is 1.39. The summed E-state index contributed by atoms with van der Waals surface area (Å²) in [5.74, 6) is -0.562. The average molecular weight is 249 g/mol. The van der Waals surface area contributed by atoms with Crippen LogP contribution in [0.4, 0.5) is 0 Å². The van der Waals surface area contributed by atoms with Crippen molar-refractivity contribution >= 4 is 5.97 Å². The van der Waals surface area contributed by atoms with Gasteiger partial charge < -0.3 is 15.6 Å². The highest BCUT2D eigenvalue weighted by Crippen LogP contribution is 2.34. The number of ether oxygens (including phenoxy) is 1. The Morgan fingerprint density at radius 1 is 1.44 bits per heavy atom. The van der Waals surface area contributed by atoms with Crippen molar-refractivity contribution in [3.63, 3.8) is 0 Å². The van der Waals surface area contributed by atoms with Gasteiger partial charge >= 0.3 is 5.97 Å². The number of hydrogen-bond acceptors (Lipinski definition) is 3. The van der Waals surface area contributed by atoms with Gasteiger partial charge in [0, 0.05) is 19.8 Å². The van der Waals surface area contributed by atoms with Gasteiger partial charge in [-0.25, -0.2) is 0 Å². The van der Waals surface area contributed by atoms with E-state index >= 15 is 0 Å². The Bertz CT molecular complexity index is 401. The molecule has 0 aromatic heterocycles. The van der Waals surface area contributed by atoms with E-state index in [0.29, 0.717) is 13.0 Å². The van der Waals surface area contributed by atoms with E-state index in [2.05, 4.69) is 0 Å². The molecule has 2 atom stereocenters. The molecule has 2 unspecified atom stereocenters.